The predicted molar refractivity (Wildman–Crippen MR) is 112 cm³/mol. The summed E-state index contributed by atoms with van der Waals surface area (Å²) in [6.45, 7) is 0. The Morgan fingerprint density at radius 1 is 0.828 bits per heavy atom. The third-order valence-corrected chi connectivity index (χ3v) is 5.30. The molecule has 5 nitrogen and oxygen atoms in total. The Hall–Kier alpha value is -3.70. The Labute approximate surface area is 167 Å². The second-order valence-corrected chi connectivity index (χ2v) is 7.06. The smallest absolute Gasteiger partial charge is 0.269 e. The van der Waals surface area contributed by atoms with Crippen LogP contribution in [0.2, 0.25) is 0 Å². The lowest BCUT2D eigenvalue weighted by molar-refractivity contribution is -0.385. The Balaban J connectivity index is 1.66. The van der Waals surface area contributed by atoms with Crippen molar-refractivity contribution >= 4 is 16.5 Å². The molecule has 5 heteroatoms. The molecule has 0 saturated heterocycles. The summed E-state index contributed by atoms with van der Waals surface area (Å²) in [7, 11) is 0. The molecule has 0 aliphatic carbocycles. The normalized spacial score (nSPS) is 18.1. The van der Waals surface area contributed by atoms with Crippen LogP contribution >= 0.6 is 0 Å². The maximum atomic E-state index is 11.2. The van der Waals surface area contributed by atoms with E-state index in [1.807, 2.05) is 48.5 Å². The minimum atomic E-state index is -0.492. The first kappa shape index (κ1) is 17.4. The zero-order valence-corrected chi connectivity index (χ0v) is 15.5. The van der Waals surface area contributed by atoms with Crippen LogP contribution in [0.5, 0.6) is 5.75 Å². The van der Waals surface area contributed by atoms with E-state index in [9.17, 15) is 10.1 Å². The van der Waals surface area contributed by atoms with Crippen molar-refractivity contribution in [2.24, 2.45) is 0 Å². The summed E-state index contributed by atoms with van der Waals surface area (Å²) in [5.74, 6) is 0.785. The number of hydrogen-bond donors (Lipinski definition) is 1. The lowest BCUT2D eigenvalue weighted by atomic mass is 9.91. The molecule has 142 valence electrons. The maximum absolute atomic E-state index is 11.2. The molecule has 29 heavy (non-hydrogen) atoms. The van der Waals surface area contributed by atoms with Gasteiger partial charge in [0.05, 0.1) is 11.0 Å². The second-order valence-electron chi connectivity index (χ2n) is 7.06. The molecule has 0 bridgehead atoms. The summed E-state index contributed by atoms with van der Waals surface area (Å²) >= 11 is 0. The number of benzene rings is 4. The predicted octanol–water partition coefficient (Wildman–Crippen LogP) is 5.52. The van der Waals surface area contributed by atoms with Crippen molar-refractivity contribution in [1.29, 1.82) is 0 Å². The minimum Gasteiger partial charge on any atom is -0.471 e. The molecule has 0 radical (unpaired) electrons. The van der Waals surface area contributed by atoms with Crippen LogP contribution in [-0.4, -0.2) is 4.92 Å². The Bertz CT molecular complexity index is 1210. The molecule has 4 aromatic rings. The fraction of sp³-hybridized carbons (Fsp3) is 0.0833. The van der Waals surface area contributed by atoms with Gasteiger partial charge in [0, 0.05) is 23.3 Å². The largest absolute Gasteiger partial charge is 0.471 e. The number of nitro groups is 1. The van der Waals surface area contributed by atoms with Gasteiger partial charge in [-0.3, -0.25) is 15.4 Å². The Morgan fingerprint density at radius 3 is 2.41 bits per heavy atom. The molecule has 0 aromatic heterocycles. The molecule has 1 heterocycles. The van der Waals surface area contributed by atoms with E-state index >= 15 is 0 Å². The average molecular weight is 382 g/mol. The summed E-state index contributed by atoms with van der Waals surface area (Å²) in [4.78, 5) is 10.8. The summed E-state index contributed by atoms with van der Waals surface area (Å²) in [6, 6.07) is 28.9. The molecule has 1 aliphatic rings. The van der Waals surface area contributed by atoms with E-state index in [-0.39, 0.29) is 16.7 Å². The van der Waals surface area contributed by atoms with Crippen molar-refractivity contribution in [3.05, 3.63) is 118 Å². The molecule has 1 N–H and O–H groups in total. The van der Waals surface area contributed by atoms with Crippen molar-refractivity contribution in [3.63, 3.8) is 0 Å². The molecule has 0 fully saturated rings. The number of fused-ring (bicyclic) bond motifs is 3. The lowest BCUT2D eigenvalue weighted by Crippen LogP contribution is -2.35. The monoisotopic (exact) mass is 382 g/mol. The summed E-state index contributed by atoms with van der Waals surface area (Å²) in [5.41, 5.74) is 2.97. The lowest BCUT2D eigenvalue weighted by Gasteiger charge is -2.35. The van der Waals surface area contributed by atoms with Crippen molar-refractivity contribution in [2.45, 2.75) is 12.3 Å². The van der Waals surface area contributed by atoms with Crippen LogP contribution in [0.15, 0.2) is 91.0 Å². The SMILES string of the molecule is O=[N+]([O-])c1cccc([C@H]2N[C@@H](c3ccccc3)c3c(ccc4ccccc34)O2)c1. The number of rotatable bonds is 3. The van der Waals surface area contributed by atoms with Crippen LogP contribution in [-0.2, 0) is 0 Å². The summed E-state index contributed by atoms with van der Waals surface area (Å²) in [6.07, 6.45) is -0.492. The van der Waals surface area contributed by atoms with E-state index in [1.165, 1.54) is 6.07 Å². The number of hydrogen-bond acceptors (Lipinski definition) is 4. The van der Waals surface area contributed by atoms with Crippen molar-refractivity contribution in [3.8, 4) is 5.75 Å². The van der Waals surface area contributed by atoms with Gasteiger partial charge in [-0.1, -0.05) is 72.8 Å². The van der Waals surface area contributed by atoms with E-state index in [0.717, 1.165) is 33.2 Å². The van der Waals surface area contributed by atoms with Gasteiger partial charge >= 0.3 is 0 Å². The second kappa shape index (κ2) is 7.04. The molecular formula is C24H18N2O3. The summed E-state index contributed by atoms with van der Waals surface area (Å²) < 4.78 is 6.28. The van der Waals surface area contributed by atoms with Crippen molar-refractivity contribution in [2.75, 3.05) is 0 Å². The molecule has 0 saturated carbocycles. The minimum absolute atomic E-state index is 0.0495. The van der Waals surface area contributed by atoms with Crippen LogP contribution in [0, 0.1) is 10.1 Å². The van der Waals surface area contributed by atoms with E-state index in [0.29, 0.717) is 0 Å². The topological polar surface area (TPSA) is 64.4 Å². The number of nitro benzene ring substituents is 1. The van der Waals surface area contributed by atoms with E-state index in [1.54, 1.807) is 12.1 Å². The zero-order valence-electron chi connectivity index (χ0n) is 15.5. The number of nitrogens with one attached hydrogen (secondary N) is 1. The number of ether oxygens (including phenoxy) is 1. The highest BCUT2D eigenvalue weighted by atomic mass is 16.6. The molecular weight excluding hydrogens is 364 g/mol. The molecule has 2 atom stereocenters. The Kier molecular flexibility index (Phi) is 4.22. The molecule has 5 rings (SSSR count). The zero-order chi connectivity index (χ0) is 19.8. The van der Waals surface area contributed by atoms with E-state index in [2.05, 4.69) is 29.6 Å². The molecule has 0 amide bonds. The first-order valence-electron chi connectivity index (χ1n) is 9.44. The number of nitrogens with zero attached hydrogens (tertiary/aromatic N) is 1. The first-order valence-corrected chi connectivity index (χ1v) is 9.44. The highest BCUT2D eigenvalue weighted by Crippen LogP contribution is 2.42. The third-order valence-electron chi connectivity index (χ3n) is 5.30. The van der Waals surface area contributed by atoms with Gasteiger partial charge in [-0.2, -0.15) is 0 Å². The quantitative estimate of drug-likeness (QED) is 0.374. The van der Waals surface area contributed by atoms with Gasteiger partial charge < -0.3 is 4.74 Å². The van der Waals surface area contributed by atoms with Gasteiger partial charge in [0.15, 0.2) is 6.23 Å². The van der Waals surface area contributed by atoms with Gasteiger partial charge in [0.25, 0.3) is 5.69 Å². The van der Waals surface area contributed by atoms with Crippen LogP contribution < -0.4 is 10.1 Å². The molecule has 1 aliphatic heterocycles. The highest BCUT2D eigenvalue weighted by Gasteiger charge is 2.31. The van der Waals surface area contributed by atoms with Gasteiger partial charge in [-0.25, -0.2) is 0 Å². The average Bonchev–Trinajstić information content (AvgIpc) is 2.78. The molecule has 4 aromatic carbocycles. The van der Waals surface area contributed by atoms with Crippen molar-refractivity contribution < 1.29 is 9.66 Å². The van der Waals surface area contributed by atoms with Crippen LogP contribution in [0.3, 0.4) is 0 Å². The van der Waals surface area contributed by atoms with Crippen molar-refractivity contribution in [1.82, 2.24) is 5.32 Å². The third kappa shape index (κ3) is 3.11. The summed E-state index contributed by atoms with van der Waals surface area (Å²) in [5, 5.41) is 17.0. The van der Waals surface area contributed by atoms with E-state index < -0.39 is 6.23 Å². The van der Waals surface area contributed by atoms with Crippen LogP contribution in [0.4, 0.5) is 5.69 Å². The first-order chi connectivity index (χ1) is 14.2. The standard InChI is InChI=1S/C24H18N2O3/c27-26(28)19-11-6-10-18(15-19)24-25-23(17-8-2-1-3-9-17)22-20-12-5-4-7-16(20)13-14-21(22)29-24/h1-15,23-25H/t23-,24-/m0/s1. The van der Waals surface area contributed by atoms with Gasteiger partial charge in [-0.15, -0.1) is 0 Å². The fourth-order valence-corrected chi connectivity index (χ4v) is 3.95. The fourth-order valence-electron chi connectivity index (χ4n) is 3.95. The number of non-ortho nitro benzene ring substituents is 1. The van der Waals surface area contributed by atoms with Gasteiger partial charge in [0.2, 0.25) is 0 Å². The highest BCUT2D eigenvalue weighted by molar-refractivity contribution is 5.89. The molecule has 0 spiro atoms. The van der Waals surface area contributed by atoms with Gasteiger partial charge in [-0.05, 0) is 22.4 Å². The molecule has 0 unspecified atom stereocenters. The van der Waals surface area contributed by atoms with Crippen LogP contribution in [0.1, 0.15) is 29.0 Å². The maximum Gasteiger partial charge on any atom is 0.269 e. The van der Waals surface area contributed by atoms with E-state index in [4.69, 9.17) is 4.74 Å². The van der Waals surface area contributed by atoms with Gasteiger partial charge in [0.1, 0.15) is 5.75 Å². The van der Waals surface area contributed by atoms with Crippen LogP contribution in [0.25, 0.3) is 10.8 Å². The Morgan fingerprint density at radius 2 is 1.59 bits per heavy atom.